The van der Waals surface area contributed by atoms with Gasteiger partial charge in [0, 0.05) is 17.3 Å². The molecular weight excluding hydrogens is 470 g/mol. The van der Waals surface area contributed by atoms with Gasteiger partial charge in [-0.25, -0.2) is 21.6 Å². The van der Waals surface area contributed by atoms with Crippen molar-refractivity contribution >= 4 is 42.4 Å². The third-order valence-corrected chi connectivity index (χ3v) is 8.90. The van der Waals surface area contributed by atoms with Crippen LogP contribution in [-0.2, 0) is 20.0 Å². The molecule has 1 aliphatic carbocycles. The summed E-state index contributed by atoms with van der Waals surface area (Å²) < 4.78 is 56.5. The van der Waals surface area contributed by atoms with Crippen molar-refractivity contribution in [3.05, 3.63) is 56.3 Å². The van der Waals surface area contributed by atoms with Crippen LogP contribution >= 0.6 is 0 Å². The molecule has 176 valence electrons. The number of anilines is 2. The number of nitrogen functional groups attached to an aromatic ring is 1. The number of hydrogen-bond donors (Lipinski definition) is 1. The number of sulfonamides is 2. The van der Waals surface area contributed by atoms with Gasteiger partial charge in [0.05, 0.1) is 29.4 Å². The van der Waals surface area contributed by atoms with Gasteiger partial charge in [-0.2, -0.15) is 3.71 Å². The zero-order chi connectivity index (χ0) is 24.5. The van der Waals surface area contributed by atoms with Gasteiger partial charge < -0.3 is 14.7 Å². The van der Waals surface area contributed by atoms with E-state index in [2.05, 4.69) is 0 Å². The summed E-state index contributed by atoms with van der Waals surface area (Å²) in [6.45, 7) is 3.17. The molecule has 0 radical (unpaired) electrons. The van der Waals surface area contributed by atoms with Crippen LogP contribution in [0.2, 0.25) is 0 Å². The van der Waals surface area contributed by atoms with Crippen molar-refractivity contribution in [1.29, 1.82) is 0 Å². The van der Waals surface area contributed by atoms with Crippen LogP contribution in [0.15, 0.2) is 38.3 Å². The van der Waals surface area contributed by atoms with Crippen LogP contribution in [0.5, 0.6) is 0 Å². The fraction of sp³-hybridized carbons (Fsp3) is 0.333. The van der Waals surface area contributed by atoms with Gasteiger partial charge in [-0.05, 0) is 44.4 Å². The van der Waals surface area contributed by atoms with Crippen LogP contribution in [0.3, 0.4) is 0 Å². The van der Waals surface area contributed by atoms with E-state index in [1.54, 1.807) is 17.6 Å². The van der Waals surface area contributed by atoms with Crippen molar-refractivity contribution in [2.24, 2.45) is 0 Å². The van der Waals surface area contributed by atoms with Crippen LogP contribution in [0.4, 0.5) is 11.4 Å². The number of hydrogen-bond acceptors (Lipinski definition) is 8. The van der Waals surface area contributed by atoms with Crippen LogP contribution in [0, 0.1) is 13.8 Å². The van der Waals surface area contributed by atoms with Gasteiger partial charge in [-0.1, -0.05) is 12.1 Å². The largest absolute Gasteiger partial charge is 0.421 e. The number of fused-ring (bicyclic) bond motifs is 1. The summed E-state index contributed by atoms with van der Waals surface area (Å²) in [7, 11) is -8.34. The Bertz CT molecular complexity index is 1620. The van der Waals surface area contributed by atoms with Gasteiger partial charge in [0.1, 0.15) is 5.39 Å². The highest BCUT2D eigenvalue weighted by Crippen LogP contribution is 2.40. The van der Waals surface area contributed by atoms with E-state index < -0.39 is 25.7 Å². The lowest BCUT2D eigenvalue weighted by atomic mass is 9.99. The second-order valence-electron chi connectivity index (χ2n) is 8.27. The first-order chi connectivity index (χ1) is 15.2. The van der Waals surface area contributed by atoms with E-state index in [0.29, 0.717) is 20.5 Å². The highest BCUT2D eigenvalue weighted by Gasteiger charge is 2.32. The predicted octanol–water partition coefficient (Wildman–Crippen LogP) is 1.88. The van der Waals surface area contributed by atoms with Crippen molar-refractivity contribution in [2.75, 3.05) is 22.0 Å². The molecule has 1 aromatic carbocycles. The van der Waals surface area contributed by atoms with Gasteiger partial charge in [0.2, 0.25) is 20.0 Å². The molecule has 0 amide bonds. The first-order valence-corrected chi connectivity index (χ1v) is 13.7. The van der Waals surface area contributed by atoms with Crippen molar-refractivity contribution in [1.82, 2.24) is 4.57 Å². The van der Waals surface area contributed by atoms with E-state index in [1.807, 2.05) is 0 Å². The van der Waals surface area contributed by atoms with Crippen LogP contribution in [0.25, 0.3) is 22.1 Å². The summed E-state index contributed by atoms with van der Waals surface area (Å²) in [6, 6.07) is 5.78. The van der Waals surface area contributed by atoms with E-state index in [4.69, 9.17) is 10.2 Å². The molecule has 0 spiro atoms. The molecule has 10 nitrogen and oxygen atoms in total. The molecule has 12 heteroatoms. The normalized spacial score (nSPS) is 14.5. The fourth-order valence-electron chi connectivity index (χ4n) is 4.10. The highest BCUT2D eigenvalue weighted by molar-refractivity contribution is 8.09. The molecule has 33 heavy (non-hydrogen) atoms. The number of benzene rings is 1. The van der Waals surface area contributed by atoms with Crippen molar-refractivity contribution < 1.29 is 21.3 Å². The number of aromatic nitrogens is 1. The van der Waals surface area contributed by atoms with Gasteiger partial charge in [0.25, 0.3) is 5.56 Å². The van der Waals surface area contributed by atoms with E-state index in [9.17, 15) is 26.4 Å². The molecule has 2 N–H and O–H groups in total. The average molecular weight is 494 g/mol. The first-order valence-electron chi connectivity index (χ1n) is 10.0. The van der Waals surface area contributed by atoms with Gasteiger partial charge in [0.15, 0.2) is 5.58 Å². The zero-order valence-electron chi connectivity index (χ0n) is 18.4. The Balaban J connectivity index is 2.13. The maximum atomic E-state index is 13.3. The highest BCUT2D eigenvalue weighted by atomic mass is 32.3. The fourth-order valence-corrected chi connectivity index (χ4v) is 7.06. The Morgan fingerprint density at radius 1 is 1.06 bits per heavy atom. The van der Waals surface area contributed by atoms with Crippen LogP contribution in [0.1, 0.15) is 30.1 Å². The molecule has 0 saturated heterocycles. The average Bonchev–Trinajstić information content (AvgIpc) is 3.49. The third-order valence-electron chi connectivity index (χ3n) is 5.64. The maximum absolute atomic E-state index is 13.3. The number of rotatable bonds is 5. The molecule has 0 aliphatic heterocycles. The van der Waals surface area contributed by atoms with Crippen molar-refractivity contribution in [3.8, 4) is 11.1 Å². The number of nitrogens with zero attached hydrogens (tertiary/aromatic N) is 2. The summed E-state index contributed by atoms with van der Waals surface area (Å²) >= 11 is 0. The van der Waals surface area contributed by atoms with Crippen LogP contribution < -0.4 is 20.6 Å². The van der Waals surface area contributed by atoms with Crippen molar-refractivity contribution in [3.63, 3.8) is 0 Å². The molecule has 1 aliphatic rings. The SMILES string of the molecule is Cc1c(N)c2c(=O)n(C3CC3)c(C)c(-c3cccc(N(S(C)(=O)=O)S(C)(=O)=O)c3)c2oc1=O. The zero-order valence-corrected chi connectivity index (χ0v) is 20.1. The lowest BCUT2D eigenvalue weighted by Crippen LogP contribution is -2.35. The minimum absolute atomic E-state index is 0.0203. The summed E-state index contributed by atoms with van der Waals surface area (Å²) in [6.07, 6.45) is 3.18. The van der Waals surface area contributed by atoms with Gasteiger partial charge >= 0.3 is 5.63 Å². The number of nitrogens with two attached hydrogens (primary N) is 1. The molecule has 1 saturated carbocycles. The Kier molecular flexibility index (Phi) is 5.21. The predicted molar refractivity (Wildman–Crippen MR) is 127 cm³/mol. The summed E-state index contributed by atoms with van der Waals surface area (Å²) in [5.74, 6) is 0. The molecule has 0 unspecified atom stereocenters. The Morgan fingerprint density at radius 3 is 2.21 bits per heavy atom. The first kappa shape index (κ1) is 23.1. The molecule has 2 aromatic heterocycles. The summed E-state index contributed by atoms with van der Waals surface area (Å²) in [4.78, 5) is 25.7. The van der Waals surface area contributed by atoms with Crippen LogP contribution in [-0.4, -0.2) is 33.9 Å². The molecule has 4 rings (SSSR count). The lowest BCUT2D eigenvalue weighted by molar-refractivity contribution is 0.553. The topological polar surface area (TPSA) is 150 Å². The van der Waals surface area contributed by atoms with Crippen molar-refractivity contribution in [2.45, 2.75) is 32.7 Å². The minimum atomic E-state index is -4.17. The molecular formula is C21H23N3O7S2. The standard InChI is InChI=1S/C21H23N3O7S2/c1-11-18(22)17-19(31-21(11)26)16(12(2)23(20(17)25)14-8-9-14)13-6-5-7-15(10-13)24(32(3,27)28)33(4,29)30/h5-7,10,14H,8-9,22H2,1-4H3. The Morgan fingerprint density at radius 2 is 1.67 bits per heavy atom. The molecule has 1 fully saturated rings. The van der Waals surface area contributed by atoms with E-state index in [-0.39, 0.29) is 39.5 Å². The van der Waals surface area contributed by atoms with Gasteiger partial charge in [-0.3, -0.25) is 4.79 Å². The summed E-state index contributed by atoms with van der Waals surface area (Å²) in [5.41, 5.74) is 6.32. The monoisotopic (exact) mass is 493 g/mol. The molecule has 0 atom stereocenters. The second kappa shape index (κ2) is 7.45. The van der Waals surface area contributed by atoms with E-state index in [0.717, 1.165) is 25.4 Å². The second-order valence-corrected chi connectivity index (χ2v) is 12.2. The lowest BCUT2D eigenvalue weighted by Gasteiger charge is -2.21. The quantitative estimate of drug-likeness (QED) is 0.566. The molecule has 2 heterocycles. The summed E-state index contributed by atoms with van der Waals surface area (Å²) in [5, 5.41) is 0.0630. The molecule has 3 aromatic rings. The van der Waals surface area contributed by atoms with E-state index in [1.165, 1.54) is 25.1 Å². The number of pyridine rings is 1. The minimum Gasteiger partial charge on any atom is -0.421 e. The van der Waals surface area contributed by atoms with E-state index >= 15 is 0 Å². The smallest absolute Gasteiger partial charge is 0.341 e. The maximum Gasteiger partial charge on any atom is 0.341 e. The van der Waals surface area contributed by atoms with Gasteiger partial charge in [-0.15, -0.1) is 0 Å². The third kappa shape index (κ3) is 3.82. The molecule has 0 bridgehead atoms. The Hall–Kier alpha value is -3.12. The Labute approximate surface area is 190 Å².